The van der Waals surface area contributed by atoms with Gasteiger partial charge in [-0.2, -0.15) is 0 Å². The predicted octanol–water partition coefficient (Wildman–Crippen LogP) is 1.26. The van der Waals surface area contributed by atoms with Crippen LogP contribution in [0.5, 0.6) is 0 Å². The Balaban J connectivity index is 1.60. The molecule has 1 aromatic carbocycles. The summed E-state index contributed by atoms with van der Waals surface area (Å²) in [4.78, 5) is 16.8. The van der Waals surface area contributed by atoms with Gasteiger partial charge in [-0.25, -0.2) is 0 Å². The lowest BCUT2D eigenvalue weighted by Gasteiger charge is -2.25. The van der Waals surface area contributed by atoms with Crippen molar-refractivity contribution < 1.29 is 4.79 Å². The molecule has 4 heteroatoms. The molecule has 1 fully saturated rings. The van der Waals surface area contributed by atoms with Gasteiger partial charge in [0.15, 0.2) is 0 Å². The van der Waals surface area contributed by atoms with E-state index in [0.29, 0.717) is 6.54 Å². The van der Waals surface area contributed by atoms with E-state index < -0.39 is 0 Å². The summed E-state index contributed by atoms with van der Waals surface area (Å²) in [5.41, 5.74) is 2.84. The lowest BCUT2D eigenvalue weighted by atomic mass is 10.0. The number of hydrogen-bond donors (Lipinski definition) is 1. The van der Waals surface area contributed by atoms with Crippen LogP contribution in [0.1, 0.15) is 24.0 Å². The van der Waals surface area contributed by atoms with Gasteiger partial charge in [0.25, 0.3) is 0 Å². The fraction of sp³-hybridized carbons (Fsp3) is 0.588. The van der Waals surface area contributed by atoms with Crippen LogP contribution in [0.2, 0.25) is 0 Å². The molecular weight excluding hydrogens is 262 g/mol. The summed E-state index contributed by atoms with van der Waals surface area (Å²) >= 11 is 0. The lowest BCUT2D eigenvalue weighted by Crippen LogP contribution is -2.41. The van der Waals surface area contributed by atoms with Crippen LogP contribution in [-0.2, 0) is 17.8 Å². The van der Waals surface area contributed by atoms with E-state index in [9.17, 15) is 4.79 Å². The van der Waals surface area contributed by atoms with E-state index in [0.717, 1.165) is 58.5 Å². The van der Waals surface area contributed by atoms with Crippen LogP contribution in [0.3, 0.4) is 0 Å². The maximum Gasteiger partial charge on any atom is 0.236 e. The second kappa shape index (κ2) is 7.05. The van der Waals surface area contributed by atoms with Crippen LogP contribution in [0, 0.1) is 0 Å². The standard InChI is InChI=1S/C17H25N3O/c21-17(20-11-4-8-18-9-12-20)14-19-10-3-7-15-5-1-2-6-16(15)13-19/h1-2,5-6,18H,3-4,7-14H2. The number of carbonyl (C=O) groups is 1. The summed E-state index contributed by atoms with van der Waals surface area (Å²) in [5.74, 6) is 0.290. The minimum atomic E-state index is 0.290. The zero-order chi connectivity index (χ0) is 14.5. The Hall–Kier alpha value is -1.39. The van der Waals surface area contributed by atoms with E-state index in [1.807, 2.05) is 4.90 Å². The van der Waals surface area contributed by atoms with Crippen LogP contribution in [-0.4, -0.2) is 55.0 Å². The highest BCUT2D eigenvalue weighted by atomic mass is 16.2. The van der Waals surface area contributed by atoms with Crippen LogP contribution in [0.15, 0.2) is 24.3 Å². The largest absolute Gasteiger partial charge is 0.340 e. The van der Waals surface area contributed by atoms with Crippen molar-refractivity contribution in [2.24, 2.45) is 0 Å². The number of fused-ring (bicyclic) bond motifs is 1. The van der Waals surface area contributed by atoms with Crippen LogP contribution in [0.4, 0.5) is 0 Å². The van der Waals surface area contributed by atoms with Crippen LogP contribution >= 0.6 is 0 Å². The van der Waals surface area contributed by atoms with Crippen molar-refractivity contribution >= 4 is 5.91 Å². The van der Waals surface area contributed by atoms with Crippen LogP contribution in [0.25, 0.3) is 0 Å². The van der Waals surface area contributed by atoms with Crippen molar-refractivity contribution in [2.75, 3.05) is 39.3 Å². The van der Waals surface area contributed by atoms with E-state index in [2.05, 4.69) is 34.5 Å². The molecule has 3 rings (SSSR count). The number of nitrogens with zero attached hydrogens (tertiary/aromatic N) is 2. The molecule has 1 aromatic rings. The van der Waals surface area contributed by atoms with Crippen molar-refractivity contribution in [3.8, 4) is 0 Å². The second-order valence-corrected chi connectivity index (χ2v) is 6.07. The first kappa shape index (κ1) is 14.5. The van der Waals surface area contributed by atoms with E-state index >= 15 is 0 Å². The molecular formula is C17H25N3O. The Bertz CT molecular complexity index is 481. The first-order valence-corrected chi connectivity index (χ1v) is 8.10. The van der Waals surface area contributed by atoms with Gasteiger partial charge in [-0.05, 0) is 43.5 Å². The van der Waals surface area contributed by atoms with Gasteiger partial charge < -0.3 is 10.2 Å². The molecule has 2 aliphatic heterocycles. The van der Waals surface area contributed by atoms with Gasteiger partial charge in [-0.1, -0.05) is 24.3 Å². The molecule has 0 aromatic heterocycles. The summed E-state index contributed by atoms with van der Waals surface area (Å²) in [6.45, 7) is 6.20. The highest BCUT2D eigenvalue weighted by molar-refractivity contribution is 5.78. The number of rotatable bonds is 2. The van der Waals surface area contributed by atoms with Crippen molar-refractivity contribution in [1.29, 1.82) is 0 Å². The van der Waals surface area contributed by atoms with Gasteiger partial charge in [0.1, 0.15) is 0 Å². The predicted molar refractivity (Wildman–Crippen MR) is 84.1 cm³/mol. The SMILES string of the molecule is O=C(CN1CCCc2ccccc2C1)N1CCCNCC1. The zero-order valence-corrected chi connectivity index (χ0v) is 12.7. The van der Waals surface area contributed by atoms with Crippen molar-refractivity contribution in [3.05, 3.63) is 35.4 Å². The van der Waals surface area contributed by atoms with Gasteiger partial charge in [0.05, 0.1) is 6.54 Å². The van der Waals surface area contributed by atoms with E-state index in [1.165, 1.54) is 11.1 Å². The minimum absolute atomic E-state index is 0.290. The zero-order valence-electron chi connectivity index (χ0n) is 12.7. The Kier molecular flexibility index (Phi) is 4.88. The molecule has 0 bridgehead atoms. The van der Waals surface area contributed by atoms with Crippen molar-refractivity contribution in [3.63, 3.8) is 0 Å². The summed E-state index contributed by atoms with van der Waals surface area (Å²) < 4.78 is 0. The van der Waals surface area contributed by atoms with Crippen molar-refractivity contribution in [2.45, 2.75) is 25.8 Å². The quantitative estimate of drug-likeness (QED) is 0.889. The molecule has 1 saturated heterocycles. The first-order chi connectivity index (χ1) is 10.3. The maximum absolute atomic E-state index is 12.5. The van der Waals surface area contributed by atoms with Gasteiger partial charge in [-0.3, -0.25) is 9.69 Å². The van der Waals surface area contributed by atoms with Gasteiger partial charge in [0.2, 0.25) is 5.91 Å². The number of carbonyl (C=O) groups excluding carboxylic acids is 1. The van der Waals surface area contributed by atoms with Gasteiger partial charge in [-0.15, -0.1) is 0 Å². The second-order valence-electron chi connectivity index (χ2n) is 6.07. The Morgan fingerprint density at radius 3 is 2.81 bits per heavy atom. The van der Waals surface area contributed by atoms with E-state index in [-0.39, 0.29) is 5.91 Å². The fourth-order valence-corrected chi connectivity index (χ4v) is 3.29. The third-order valence-electron chi connectivity index (χ3n) is 4.48. The minimum Gasteiger partial charge on any atom is -0.340 e. The summed E-state index contributed by atoms with van der Waals surface area (Å²) in [6, 6.07) is 8.64. The number of benzene rings is 1. The Morgan fingerprint density at radius 2 is 1.90 bits per heavy atom. The third kappa shape index (κ3) is 3.83. The average Bonchev–Trinajstić information content (AvgIpc) is 2.87. The molecule has 0 saturated carbocycles. The molecule has 0 unspecified atom stereocenters. The normalized spacial score (nSPS) is 20.5. The molecule has 114 valence electrons. The molecule has 2 heterocycles. The molecule has 21 heavy (non-hydrogen) atoms. The molecule has 2 aliphatic rings. The molecule has 0 spiro atoms. The molecule has 1 N–H and O–H groups in total. The number of amides is 1. The summed E-state index contributed by atoms with van der Waals surface area (Å²) in [5, 5.41) is 3.35. The molecule has 0 atom stereocenters. The summed E-state index contributed by atoms with van der Waals surface area (Å²) in [7, 11) is 0. The van der Waals surface area contributed by atoms with E-state index in [1.54, 1.807) is 0 Å². The Labute approximate surface area is 127 Å². The van der Waals surface area contributed by atoms with Crippen molar-refractivity contribution in [1.82, 2.24) is 15.1 Å². The molecule has 1 amide bonds. The average molecular weight is 287 g/mol. The number of aryl methyl sites for hydroxylation is 1. The van der Waals surface area contributed by atoms with Crippen LogP contribution < -0.4 is 5.32 Å². The third-order valence-corrected chi connectivity index (χ3v) is 4.48. The molecule has 4 nitrogen and oxygen atoms in total. The molecule has 0 aliphatic carbocycles. The molecule has 0 radical (unpaired) electrons. The van der Waals surface area contributed by atoms with Gasteiger partial charge >= 0.3 is 0 Å². The highest BCUT2D eigenvalue weighted by Gasteiger charge is 2.20. The maximum atomic E-state index is 12.5. The van der Waals surface area contributed by atoms with E-state index in [4.69, 9.17) is 0 Å². The lowest BCUT2D eigenvalue weighted by molar-refractivity contribution is -0.132. The number of nitrogens with one attached hydrogen (secondary N) is 1. The first-order valence-electron chi connectivity index (χ1n) is 8.10. The monoisotopic (exact) mass is 287 g/mol. The number of hydrogen-bond acceptors (Lipinski definition) is 3. The fourth-order valence-electron chi connectivity index (χ4n) is 3.29. The topological polar surface area (TPSA) is 35.6 Å². The van der Waals surface area contributed by atoms with Gasteiger partial charge in [0, 0.05) is 26.2 Å². The Morgan fingerprint density at radius 1 is 1.05 bits per heavy atom. The summed E-state index contributed by atoms with van der Waals surface area (Å²) in [6.07, 6.45) is 3.34. The smallest absolute Gasteiger partial charge is 0.236 e. The highest BCUT2D eigenvalue weighted by Crippen LogP contribution is 2.18.